The maximum atomic E-state index is 11.5. The van der Waals surface area contributed by atoms with Crippen molar-refractivity contribution < 1.29 is 4.79 Å². The summed E-state index contributed by atoms with van der Waals surface area (Å²) in [5, 5.41) is 4.36. The van der Waals surface area contributed by atoms with E-state index in [1.54, 1.807) is 6.33 Å². The second-order valence-corrected chi connectivity index (χ2v) is 11.2. The molecule has 2 bridgehead atoms. The third-order valence-corrected chi connectivity index (χ3v) is 8.93. The first-order chi connectivity index (χ1) is 15.9. The lowest BCUT2D eigenvalue weighted by molar-refractivity contribution is -0.121. The normalized spacial score (nSPS) is 23.3. The van der Waals surface area contributed by atoms with Gasteiger partial charge in [-0.25, -0.2) is 9.50 Å². The van der Waals surface area contributed by atoms with Crippen LogP contribution >= 0.6 is 11.3 Å². The summed E-state index contributed by atoms with van der Waals surface area (Å²) in [4.78, 5) is 23.4. The van der Waals surface area contributed by atoms with Crippen molar-refractivity contribution in [3.63, 3.8) is 0 Å². The largest absolute Gasteiger partial charge is 0.369 e. The lowest BCUT2D eigenvalue weighted by Gasteiger charge is -2.49. The lowest BCUT2D eigenvalue weighted by Crippen LogP contribution is -2.53. The van der Waals surface area contributed by atoms with Gasteiger partial charge in [-0.2, -0.15) is 5.10 Å². The number of nitrogens with one attached hydrogen (secondary N) is 1. The van der Waals surface area contributed by atoms with Gasteiger partial charge < -0.3 is 10.7 Å². The molecule has 3 unspecified atom stereocenters. The number of hydrogen-bond acceptors (Lipinski definition) is 5. The summed E-state index contributed by atoms with van der Waals surface area (Å²) in [5.74, 6) is 1.38. The molecule has 0 radical (unpaired) electrons. The van der Waals surface area contributed by atoms with Crippen LogP contribution in [0.5, 0.6) is 0 Å². The third kappa shape index (κ3) is 3.38. The zero-order valence-corrected chi connectivity index (χ0v) is 20.2. The fourth-order valence-electron chi connectivity index (χ4n) is 6.16. The van der Waals surface area contributed by atoms with Crippen molar-refractivity contribution in [2.24, 2.45) is 11.7 Å². The summed E-state index contributed by atoms with van der Waals surface area (Å²) in [6.45, 7) is 8.03. The van der Waals surface area contributed by atoms with E-state index in [2.05, 4.69) is 59.1 Å². The molecule has 3 aliphatic rings. The highest BCUT2D eigenvalue weighted by Gasteiger charge is 2.42. The Bertz CT molecular complexity index is 1360. The van der Waals surface area contributed by atoms with Crippen LogP contribution < -0.4 is 5.73 Å². The Morgan fingerprint density at radius 1 is 1.33 bits per heavy atom. The number of rotatable bonds is 5. The number of thiophene rings is 1. The first kappa shape index (κ1) is 20.9. The molecule has 8 heteroatoms. The van der Waals surface area contributed by atoms with E-state index in [1.807, 2.05) is 15.9 Å². The smallest absolute Gasteiger partial charge is 0.231 e. The third-order valence-electron chi connectivity index (χ3n) is 7.63. The summed E-state index contributed by atoms with van der Waals surface area (Å²) in [7, 11) is 0. The van der Waals surface area contributed by atoms with Crippen LogP contribution in [-0.4, -0.2) is 49.5 Å². The van der Waals surface area contributed by atoms with E-state index in [1.165, 1.54) is 39.2 Å². The quantitative estimate of drug-likeness (QED) is 0.459. The van der Waals surface area contributed by atoms with Gasteiger partial charge in [0.25, 0.3) is 0 Å². The standard InChI is InChI=1S/C25H30N6OS/c1-13(2)22-23(16-6-14(3)25-27-12-28-31(25)10-16)29-19-8-20(33-24(19)22)18-7-17-5-4-15(18)9-30(17)11-21(26)32/h6,8,10,12-13,15,17-18,29H,4-5,7,9,11H2,1-3H3,(H2,26,32). The molecule has 4 aromatic rings. The van der Waals surface area contributed by atoms with Crippen LogP contribution in [0.25, 0.3) is 27.1 Å². The molecule has 3 fully saturated rings. The Hall–Kier alpha value is -2.71. The van der Waals surface area contributed by atoms with Crippen molar-refractivity contribution in [3.8, 4) is 11.3 Å². The molecule has 4 aromatic heterocycles. The van der Waals surface area contributed by atoms with Crippen molar-refractivity contribution in [1.29, 1.82) is 0 Å². The number of primary amides is 1. The van der Waals surface area contributed by atoms with E-state index >= 15 is 0 Å². The molecule has 0 aromatic carbocycles. The molecule has 1 saturated carbocycles. The van der Waals surface area contributed by atoms with Crippen LogP contribution in [-0.2, 0) is 4.79 Å². The molecule has 7 rings (SSSR count). The predicted octanol–water partition coefficient (Wildman–Crippen LogP) is 4.42. The highest BCUT2D eigenvalue weighted by atomic mass is 32.1. The molecule has 1 aliphatic carbocycles. The van der Waals surface area contributed by atoms with Gasteiger partial charge in [-0.3, -0.25) is 9.69 Å². The average Bonchev–Trinajstić information content (AvgIpc) is 3.47. The van der Waals surface area contributed by atoms with E-state index in [0.717, 1.165) is 29.7 Å². The van der Waals surface area contributed by atoms with Gasteiger partial charge >= 0.3 is 0 Å². The van der Waals surface area contributed by atoms with Gasteiger partial charge in [0.05, 0.1) is 22.5 Å². The number of piperidine rings is 2. The number of aromatic amines is 1. The van der Waals surface area contributed by atoms with Crippen LogP contribution in [0.2, 0.25) is 0 Å². The van der Waals surface area contributed by atoms with Crippen LogP contribution in [0.4, 0.5) is 0 Å². The summed E-state index contributed by atoms with van der Waals surface area (Å²) in [6.07, 6.45) is 7.24. The topological polar surface area (TPSA) is 92.3 Å². The minimum atomic E-state index is -0.211. The number of pyridine rings is 1. The van der Waals surface area contributed by atoms with Gasteiger partial charge in [0.1, 0.15) is 6.33 Å². The molecular formula is C25H30N6OS. The zero-order chi connectivity index (χ0) is 22.9. The first-order valence-corrected chi connectivity index (χ1v) is 12.7. The number of aryl methyl sites for hydroxylation is 1. The van der Waals surface area contributed by atoms with Crippen molar-refractivity contribution in [2.45, 2.75) is 57.9 Å². The molecular weight excluding hydrogens is 432 g/mol. The van der Waals surface area contributed by atoms with Gasteiger partial charge in [0, 0.05) is 29.2 Å². The van der Waals surface area contributed by atoms with Crippen LogP contribution in [0.1, 0.15) is 60.9 Å². The SMILES string of the molecule is Cc1cc(-c2[nH]c3cc(C4CC5CCC4CN5CC(N)=O)sc3c2C(C)C)cn2ncnc12. The van der Waals surface area contributed by atoms with E-state index in [0.29, 0.717) is 30.3 Å². The zero-order valence-electron chi connectivity index (χ0n) is 19.3. The summed E-state index contributed by atoms with van der Waals surface area (Å²) in [6, 6.07) is 5.07. The number of carbonyl (C=O) groups excluding carboxylic acids is 1. The van der Waals surface area contributed by atoms with Crippen molar-refractivity contribution in [3.05, 3.63) is 40.7 Å². The molecule has 1 amide bonds. The fourth-order valence-corrected chi connectivity index (χ4v) is 7.68. The predicted molar refractivity (Wildman–Crippen MR) is 132 cm³/mol. The van der Waals surface area contributed by atoms with Crippen molar-refractivity contribution in [2.75, 3.05) is 13.1 Å². The number of aromatic nitrogens is 4. The Kier molecular flexibility index (Phi) is 4.85. The van der Waals surface area contributed by atoms with Gasteiger partial charge in [-0.15, -0.1) is 11.3 Å². The molecule has 6 heterocycles. The average molecular weight is 463 g/mol. The molecule has 2 aliphatic heterocycles. The molecule has 3 atom stereocenters. The van der Waals surface area contributed by atoms with Gasteiger partial charge in [-0.1, -0.05) is 13.8 Å². The van der Waals surface area contributed by atoms with Crippen molar-refractivity contribution >= 4 is 33.1 Å². The highest BCUT2D eigenvalue weighted by molar-refractivity contribution is 7.19. The van der Waals surface area contributed by atoms with E-state index < -0.39 is 0 Å². The van der Waals surface area contributed by atoms with E-state index in [9.17, 15) is 4.79 Å². The van der Waals surface area contributed by atoms with Crippen molar-refractivity contribution in [1.82, 2.24) is 24.5 Å². The second-order valence-electron chi connectivity index (χ2n) is 10.1. The number of nitrogens with two attached hydrogens (primary N) is 1. The molecule has 3 N–H and O–H groups in total. The number of H-pyrrole nitrogens is 1. The van der Waals surface area contributed by atoms with E-state index in [4.69, 9.17) is 5.73 Å². The molecule has 33 heavy (non-hydrogen) atoms. The lowest BCUT2D eigenvalue weighted by atomic mass is 9.71. The summed E-state index contributed by atoms with van der Waals surface area (Å²) < 4.78 is 3.24. The van der Waals surface area contributed by atoms with Crippen LogP contribution in [0.3, 0.4) is 0 Å². The Morgan fingerprint density at radius 3 is 2.91 bits per heavy atom. The van der Waals surface area contributed by atoms with Gasteiger partial charge in [0.15, 0.2) is 5.65 Å². The van der Waals surface area contributed by atoms with Gasteiger partial charge in [-0.05, 0) is 67.2 Å². The van der Waals surface area contributed by atoms with Gasteiger partial charge in [0.2, 0.25) is 5.91 Å². The Morgan fingerprint density at radius 2 is 2.18 bits per heavy atom. The number of nitrogens with zero attached hydrogens (tertiary/aromatic N) is 4. The number of fused-ring (bicyclic) bond motifs is 5. The maximum Gasteiger partial charge on any atom is 0.231 e. The first-order valence-electron chi connectivity index (χ1n) is 11.9. The Balaban J connectivity index is 1.37. The Labute approximate surface area is 197 Å². The molecule has 2 saturated heterocycles. The summed E-state index contributed by atoms with van der Waals surface area (Å²) in [5.41, 5.74) is 12.5. The minimum Gasteiger partial charge on any atom is -0.369 e. The number of hydrogen-bond donors (Lipinski definition) is 2. The molecule has 7 nitrogen and oxygen atoms in total. The minimum absolute atomic E-state index is 0.211. The number of amides is 1. The monoisotopic (exact) mass is 462 g/mol. The fraction of sp³-hybridized carbons (Fsp3) is 0.480. The maximum absolute atomic E-state index is 11.5. The van der Waals surface area contributed by atoms with Crippen LogP contribution in [0, 0.1) is 12.8 Å². The molecule has 0 spiro atoms. The second kappa shape index (κ2) is 7.67. The van der Waals surface area contributed by atoms with Crippen LogP contribution in [0.15, 0.2) is 24.7 Å². The summed E-state index contributed by atoms with van der Waals surface area (Å²) >= 11 is 1.96. The highest BCUT2D eigenvalue weighted by Crippen LogP contribution is 2.49. The number of carbonyl (C=O) groups is 1. The molecule has 172 valence electrons. The van der Waals surface area contributed by atoms with E-state index in [-0.39, 0.29) is 5.91 Å².